The summed E-state index contributed by atoms with van der Waals surface area (Å²) in [7, 11) is 0. The Labute approximate surface area is 420 Å². The quantitative estimate of drug-likeness (QED) is 0.0262. The van der Waals surface area contributed by atoms with Crippen LogP contribution in [0.5, 0.6) is 0 Å². The monoisotopic (exact) mass is 947 g/mol. The van der Waals surface area contributed by atoms with E-state index in [-0.39, 0.29) is 31.1 Å². The van der Waals surface area contributed by atoms with E-state index in [0.717, 1.165) is 128 Å². The number of allylic oxidation sites excluding steroid dienone is 14. The van der Waals surface area contributed by atoms with E-state index in [1.807, 2.05) is 0 Å². The normalized spacial score (nSPS) is 12.7. The molecule has 0 radical (unpaired) electrons. The molecule has 390 valence electrons. The van der Waals surface area contributed by atoms with E-state index in [2.05, 4.69) is 106 Å². The number of ether oxygens (including phenoxy) is 3. The summed E-state index contributed by atoms with van der Waals surface area (Å²) in [5.74, 6) is -0.917. The smallest absolute Gasteiger partial charge is 0.306 e. The maximum absolute atomic E-state index is 12.9. The second kappa shape index (κ2) is 56.2. The predicted octanol–water partition coefficient (Wildman–Crippen LogP) is 19.2. The maximum Gasteiger partial charge on any atom is 0.306 e. The van der Waals surface area contributed by atoms with Gasteiger partial charge in [-0.3, -0.25) is 14.4 Å². The van der Waals surface area contributed by atoms with Gasteiger partial charge in [0.05, 0.1) is 0 Å². The molecule has 0 aromatic rings. The van der Waals surface area contributed by atoms with Crippen LogP contribution in [0, 0.1) is 0 Å². The standard InChI is InChI=1S/C62H106O6/c1-4-7-10-13-16-19-22-25-27-29-31-33-35-37-40-43-46-49-52-55-61(64)67-58-59(57-66-60(63)54-51-48-45-42-39-24-21-18-15-12-9-6-3)68-62(65)56-53-50-47-44-41-38-36-34-32-30-28-26-23-20-17-14-11-8-5-2/h7,9-10,12,16,18-19,21,25,27,30-33,59H,4-6,8,11,13-15,17,20,22-24,26,28-29,34-58H2,1-3H3/b10-7-,12-9-,19-16-,21-18-,27-25-,32-30-,33-31-. The zero-order valence-corrected chi connectivity index (χ0v) is 44.6. The lowest BCUT2D eigenvalue weighted by Crippen LogP contribution is -2.30. The van der Waals surface area contributed by atoms with Crippen LogP contribution in [0.1, 0.15) is 271 Å². The lowest BCUT2D eigenvalue weighted by atomic mass is 10.1. The molecule has 0 amide bonds. The minimum Gasteiger partial charge on any atom is -0.462 e. The van der Waals surface area contributed by atoms with Crippen LogP contribution >= 0.6 is 0 Å². The Kier molecular flexibility index (Phi) is 53.4. The van der Waals surface area contributed by atoms with Crippen LogP contribution in [0.25, 0.3) is 0 Å². The van der Waals surface area contributed by atoms with Crippen molar-refractivity contribution >= 4 is 17.9 Å². The van der Waals surface area contributed by atoms with Crippen LogP contribution in [-0.2, 0) is 28.6 Å². The van der Waals surface area contributed by atoms with E-state index in [1.54, 1.807) is 0 Å². The number of hydrogen-bond donors (Lipinski definition) is 0. The first-order valence-electron chi connectivity index (χ1n) is 28.6. The Morgan fingerprint density at radius 3 is 0.912 bits per heavy atom. The molecule has 1 unspecified atom stereocenters. The van der Waals surface area contributed by atoms with Crippen LogP contribution in [0.3, 0.4) is 0 Å². The van der Waals surface area contributed by atoms with Crippen molar-refractivity contribution in [3.8, 4) is 0 Å². The lowest BCUT2D eigenvalue weighted by Gasteiger charge is -2.18. The highest BCUT2D eigenvalue weighted by Gasteiger charge is 2.19. The van der Waals surface area contributed by atoms with Gasteiger partial charge < -0.3 is 14.2 Å². The molecular weight excluding hydrogens is 841 g/mol. The number of carbonyl (C=O) groups is 3. The summed E-state index contributed by atoms with van der Waals surface area (Å²) >= 11 is 0. The largest absolute Gasteiger partial charge is 0.462 e. The first kappa shape index (κ1) is 64.6. The van der Waals surface area contributed by atoms with Crippen molar-refractivity contribution in [1.82, 2.24) is 0 Å². The van der Waals surface area contributed by atoms with Crippen molar-refractivity contribution < 1.29 is 28.6 Å². The third-order valence-corrected chi connectivity index (χ3v) is 12.1. The van der Waals surface area contributed by atoms with Gasteiger partial charge in [-0.1, -0.05) is 228 Å². The van der Waals surface area contributed by atoms with Gasteiger partial charge >= 0.3 is 17.9 Å². The zero-order valence-electron chi connectivity index (χ0n) is 44.6. The molecule has 0 bridgehead atoms. The lowest BCUT2D eigenvalue weighted by molar-refractivity contribution is -0.167. The second-order valence-electron chi connectivity index (χ2n) is 18.8. The zero-order chi connectivity index (χ0) is 49.3. The number of carbonyl (C=O) groups excluding carboxylic acids is 3. The summed E-state index contributed by atoms with van der Waals surface area (Å²) in [5, 5.41) is 0. The molecule has 1 atom stereocenters. The average Bonchev–Trinajstić information content (AvgIpc) is 3.34. The van der Waals surface area contributed by atoms with Crippen LogP contribution in [0.2, 0.25) is 0 Å². The summed E-state index contributed by atoms with van der Waals surface area (Å²) in [6.07, 6.45) is 72.9. The van der Waals surface area contributed by atoms with Gasteiger partial charge in [-0.15, -0.1) is 0 Å². The number of rotatable bonds is 51. The average molecular weight is 948 g/mol. The molecule has 0 fully saturated rings. The molecule has 6 heteroatoms. The molecular formula is C62H106O6. The Balaban J connectivity index is 4.39. The van der Waals surface area contributed by atoms with Gasteiger partial charge in [-0.05, 0) is 109 Å². The molecule has 0 N–H and O–H groups in total. The molecule has 0 heterocycles. The van der Waals surface area contributed by atoms with Crippen LogP contribution in [0.4, 0.5) is 0 Å². The number of esters is 3. The van der Waals surface area contributed by atoms with Crippen LogP contribution < -0.4 is 0 Å². The fraction of sp³-hybridized carbons (Fsp3) is 0.726. The highest BCUT2D eigenvalue weighted by atomic mass is 16.6. The van der Waals surface area contributed by atoms with Crippen molar-refractivity contribution in [3.05, 3.63) is 85.1 Å². The summed E-state index contributed by atoms with van der Waals surface area (Å²) in [4.78, 5) is 38.1. The highest BCUT2D eigenvalue weighted by Crippen LogP contribution is 2.15. The van der Waals surface area contributed by atoms with E-state index in [9.17, 15) is 14.4 Å². The predicted molar refractivity (Wildman–Crippen MR) is 293 cm³/mol. The van der Waals surface area contributed by atoms with Crippen molar-refractivity contribution in [2.75, 3.05) is 13.2 Å². The highest BCUT2D eigenvalue weighted by molar-refractivity contribution is 5.71. The van der Waals surface area contributed by atoms with Crippen molar-refractivity contribution in [3.63, 3.8) is 0 Å². The van der Waals surface area contributed by atoms with Crippen LogP contribution in [0.15, 0.2) is 85.1 Å². The van der Waals surface area contributed by atoms with E-state index in [4.69, 9.17) is 14.2 Å². The minimum atomic E-state index is -0.791. The Morgan fingerprint density at radius 1 is 0.309 bits per heavy atom. The summed E-state index contributed by atoms with van der Waals surface area (Å²) < 4.78 is 16.8. The first-order chi connectivity index (χ1) is 33.5. The van der Waals surface area contributed by atoms with Crippen molar-refractivity contribution in [2.45, 2.75) is 277 Å². The first-order valence-corrected chi connectivity index (χ1v) is 28.6. The van der Waals surface area contributed by atoms with E-state index >= 15 is 0 Å². The topological polar surface area (TPSA) is 78.9 Å². The molecule has 68 heavy (non-hydrogen) atoms. The van der Waals surface area contributed by atoms with Gasteiger partial charge in [0.15, 0.2) is 6.10 Å². The summed E-state index contributed by atoms with van der Waals surface area (Å²) in [6, 6.07) is 0. The van der Waals surface area contributed by atoms with Gasteiger partial charge in [0, 0.05) is 19.3 Å². The van der Waals surface area contributed by atoms with E-state index in [1.165, 1.54) is 103 Å². The molecule has 0 aliphatic carbocycles. The molecule has 6 nitrogen and oxygen atoms in total. The van der Waals surface area contributed by atoms with Gasteiger partial charge in [0.2, 0.25) is 0 Å². The molecule has 0 aromatic carbocycles. The summed E-state index contributed by atoms with van der Waals surface area (Å²) in [5.41, 5.74) is 0. The van der Waals surface area contributed by atoms with Crippen molar-refractivity contribution in [2.24, 2.45) is 0 Å². The molecule has 0 aliphatic rings. The molecule has 0 saturated carbocycles. The van der Waals surface area contributed by atoms with Gasteiger partial charge in [0.1, 0.15) is 13.2 Å². The van der Waals surface area contributed by atoms with Gasteiger partial charge in [0.25, 0.3) is 0 Å². The SMILES string of the molecule is CC/C=C\C/C=C\C/C=C\C/C=C\CCCCCCCCC(=O)OCC(COC(=O)CCCCCCC/C=C\C/C=C\CC)OC(=O)CCCCCCCCC/C=C\CCCCCCCCCC. The Hall–Kier alpha value is -3.41. The van der Waals surface area contributed by atoms with Gasteiger partial charge in [-0.2, -0.15) is 0 Å². The molecule has 0 aromatic heterocycles. The third-order valence-electron chi connectivity index (χ3n) is 12.1. The fourth-order valence-electron chi connectivity index (χ4n) is 7.88. The van der Waals surface area contributed by atoms with E-state index < -0.39 is 6.10 Å². The maximum atomic E-state index is 12.9. The van der Waals surface area contributed by atoms with Crippen molar-refractivity contribution in [1.29, 1.82) is 0 Å². The minimum absolute atomic E-state index is 0.0903. The van der Waals surface area contributed by atoms with Gasteiger partial charge in [-0.25, -0.2) is 0 Å². The number of unbranched alkanes of at least 4 members (excludes halogenated alkanes) is 26. The van der Waals surface area contributed by atoms with Crippen LogP contribution in [-0.4, -0.2) is 37.2 Å². The molecule has 0 spiro atoms. The molecule has 0 aliphatic heterocycles. The summed E-state index contributed by atoms with van der Waals surface area (Å²) in [6.45, 7) is 6.40. The Bertz CT molecular complexity index is 1320. The molecule has 0 rings (SSSR count). The number of hydrogen-bond acceptors (Lipinski definition) is 6. The fourth-order valence-corrected chi connectivity index (χ4v) is 7.88. The second-order valence-corrected chi connectivity index (χ2v) is 18.8. The van der Waals surface area contributed by atoms with E-state index in [0.29, 0.717) is 19.3 Å². The molecule has 0 saturated heterocycles. The Morgan fingerprint density at radius 2 is 0.574 bits per heavy atom. The third kappa shape index (κ3) is 53.5.